The first kappa shape index (κ1) is 13.0. The quantitative estimate of drug-likeness (QED) is 0.649. The van der Waals surface area contributed by atoms with Crippen LogP contribution in [-0.4, -0.2) is 28.7 Å². The monoisotopic (exact) mass is 265 g/mol. The van der Waals surface area contributed by atoms with Gasteiger partial charge in [0.25, 0.3) is 0 Å². The third kappa shape index (κ3) is 2.87. The maximum Gasteiger partial charge on any atom is 0.315 e. The van der Waals surface area contributed by atoms with Crippen LogP contribution in [0.15, 0.2) is 18.2 Å². The minimum Gasteiger partial charge on any atom is -0.466 e. The van der Waals surface area contributed by atoms with E-state index in [-0.39, 0.29) is 17.8 Å². The second kappa shape index (κ2) is 5.47. The number of halogens is 1. The third-order valence-electron chi connectivity index (χ3n) is 2.41. The summed E-state index contributed by atoms with van der Waals surface area (Å²) >= 11 is 0. The molecule has 100 valence electrons. The number of anilines is 1. The number of aromatic nitrogens is 2. The minimum absolute atomic E-state index is 0.0578. The Morgan fingerprint density at radius 3 is 3.00 bits per heavy atom. The Kier molecular flexibility index (Phi) is 3.74. The number of amides is 1. The van der Waals surface area contributed by atoms with Gasteiger partial charge in [-0.3, -0.25) is 14.7 Å². The normalized spacial score (nSPS) is 10.4. The van der Waals surface area contributed by atoms with Crippen molar-refractivity contribution in [3.63, 3.8) is 0 Å². The van der Waals surface area contributed by atoms with Gasteiger partial charge in [0.1, 0.15) is 12.2 Å². The number of hydrogen-bond donors (Lipinski definition) is 2. The number of carbonyl (C=O) groups excluding carboxylic acids is 2. The van der Waals surface area contributed by atoms with Crippen LogP contribution < -0.4 is 5.32 Å². The van der Waals surface area contributed by atoms with Crippen LogP contribution in [0.1, 0.15) is 13.3 Å². The Balaban J connectivity index is 2.13. The first-order chi connectivity index (χ1) is 9.11. The Morgan fingerprint density at radius 2 is 2.26 bits per heavy atom. The fourth-order valence-electron chi connectivity index (χ4n) is 1.64. The highest BCUT2D eigenvalue weighted by Gasteiger charge is 2.15. The number of esters is 1. The molecule has 6 nitrogen and oxygen atoms in total. The molecule has 0 aliphatic carbocycles. The summed E-state index contributed by atoms with van der Waals surface area (Å²) in [6, 6.07) is 4.42. The zero-order valence-electron chi connectivity index (χ0n) is 10.2. The van der Waals surface area contributed by atoms with E-state index in [4.69, 9.17) is 0 Å². The second-order valence-electron chi connectivity index (χ2n) is 3.76. The smallest absolute Gasteiger partial charge is 0.315 e. The SMILES string of the molecule is CCOC(=O)CC(=O)Nc1n[nH]c2cccc(F)c12. The summed E-state index contributed by atoms with van der Waals surface area (Å²) in [4.78, 5) is 22.7. The Morgan fingerprint density at radius 1 is 1.47 bits per heavy atom. The van der Waals surface area contributed by atoms with Crippen LogP contribution in [0.3, 0.4) is 0 Å². The number of H-pyrrole nitrogens is 1. The summed E-state index contributed by atoms with van der Waals surface area (Å²) in [5, 5.41) is 8.95. The highest BCUT2D eigenvalue weighted by atomic mass is 19.1. The number of hydrogen-bond acceptors (Lipinski definition) is 4. The lowest BCUT2D eigenvalue weighted by Crippen LogP contribution is -2.18. The summed E-state index contributed by atoms with van der Waals surface area (Å²) in [5.74, 6) is -1.68. The van der Waals surface area contributed by atoms with Gasteiger partial charge in [0, 0.05) is 0 Å². The molecule has 0 fully saturated rings. The average Bonchev–Trinajstić information content (AvgIpc) is 2.74. The van der Waals surface area contributed by atoms with Gasteiger partial charge in [-0.2, -0.15) is 5.10 Å². The van der Waals surface area contributed by atoms with E-state index in [2.05, 4.69) is 20.3 Å². The number of benzene rings is 1. The molecule has 0 aliphatic rings. The second-order valence-corrected chi connectivity index (χ2v) is 3.76. The fourth-order valence-corrected chi connectivity index (χ4v) is 1.64. The molecule has 1 heterocycles. The predicted octanol–water partition coefficient (Wildman–Crippen LogP) is 1.59. The Bertz CT molecular complexity index is 624. The molecule has 0 aliphatic heterocycles. The number of rotatable bonds is 4. The molecule has 0 radical (unpaired) electrons. The fraction of sp³-hybridized carbons (Fsp3) is 0.250. The van der Waals surface area contributed by atoms with E-state index in [1.807, 2.05) is 0 Å². The highest BCUT2D eigenvalue weighted by Crippen LogP contribution is 2.23. The third-order valence-corrected chi connectivity index (χ3v) is 2.41. The molecule has 1 aromatic heterocycles. The number of carbonyl (C=O) groups is 2. The van der Waals surface area contributed by atoms with Crippen molar-refractivity contribution in [2.24, 2.45) is 0 Å². The van der Waals surface area contributed by atoms with E-state index in [1.165, 1.54) is 12.1 Å². The lowest BCUT2D eigenvalue weighted by atomic mass is 10.2. The van der Waals surface area contributed by atoms with Crippen molar-refractivity contribution < 1.29 is 18.7 Å². The van der Waals surface area contributed by atoms with Gasteiger partial charge in [-0.25, -0.2) is 4.39 Å². The molecule has 0 bridgehead atoms. The summed E-state index contributed by atoms with van der Waals surface area (Å²) in [7, 11) is 0. The molecule has 0 atom stereocenters. The van der Waals surface area contributed by atoms with Gasteiger partial charge in [-0.15, -0.1) is 0 Å². The minimum atomic E-state index is -0.639. The van der Waals surface area contributed by atoms with Crippen LogP contribution in [-0.2, 0) is 14.3 Å². The first-order valence-corrected chi connectivity index (χ1v) is 5.70. The zero-order chi connectivity index (χ0) is 13.8. The Labute approximate surface area is 107 Å². The van der Waals surface area contributed by atoms with Crippen LogP contribution in [0, 0.1) is 5.82 Å². The van der Waals surface area contributed by atoms with Gasteiger partial charge in [-0.05, 0) is 19.1 Å². The number of nitrogens with one attached hydrogen (secondary N) is 2. The zero-order valence-corrected chi connectivity index (χ0v) is 10.2. The molecular formula is C12H12FN3O3. The van der Waals surface area contributed by atoms with Gasteiger partial charge in [0.15, 0.2) is 5.82 Å². The standard InChI is InChI=1S/C12H12FN3O3/c1-2-19-10(18)6-9(17)14-12-11-7(13)4-3-5-8(11)15-16-12/h3-5H,2,6H2,1H3,(H2,14,15,16,17). The topological polar surface area (TPSA) is 84.1 Å². The van der Waals surface area contributed by atoms with Crippen LogP contribution in [0.2, 0.25) is 0 Å². The molecule has 1 aromatic carbocycles. The van der Waals surface area contributed by atoms with Crippen molar-refractivity contribution in [3.8, 4) is 0 Å². The average molecular weight is 265 g/mol. The molecule has 0 saturated carbocycles. The molecule has 1 amide bonds. The molecule has 19 heavy (non-hydrogen) atoms. The summed E-state index contributed by atoms with van der Waals surface area (Å²) in [5.41, 5.74) is 0.464. The van der Waals surface area contributed by atoms with Crippen molar-refractivity contribution in [2.75, 3.05) is 11.9 Å². The Hall–Kier alpha value is -2.44. The van der Waals surface area contributed by atoms with Crippen LogP contribution in [0.4, 0.5) is 10.2 Å². The van der Waals surface area contributed by atoms with Crippen molar-refractivity contribution in [3.05, 3.63) is 24.0 Å². The lowest BCUT2D eigenvalue weighted by Gasteiger charge is -2.03. The number of ether oxygens (including phenoxy) is 1. The number of nitrogens with zero attached hydrogens (tertiary/aromatic N) is 1. The van der Waals surface area contributed by atoms with Crippen LogP contribution in [0.5, 0.6) is 0 Å². The molecule has 0 unspecified atom stereocenters. The molecule has 2 rings (SSSR count). The summed E-state index contributed by atoms with van der Waals surface area (Å²) < 4.78 is 18.3. The maximum absolute atomic E-state index is 13.6. The first-order valence-electron chi connectivity index (χ1n) is 5.70. The number of aromatic amines is 1. The van der Waals surface area contributed by atoms with Crippen LogP contribution >= 0.6 is 0 Å². The van der Waals surface area contributed by atoms with Gasteiger partial charge < -0.3 is 10.1 Å². The van der Waals surface area contributed by atoms with E-state index < -0.39 is 24.1 Å². The van der Waals surface area contributed by atoms with E-state index in [1.54, 1.807) is 13.0 Å². The van der Waals surface area contributed by atoms with Gasteiger partial charge in [0.2, 0.25) is 5.91 Å². The molecule has 2 aromatic rings. The van der Waals surface area contributed by atoms with E-state index in [0.717, 1.165) is 0 Å². The van der Waals surface area contributed by atoms with Gasteiger partial charge in [0.05, 0.1) is 17.5 Å². The van der Waals surface area contributed by atoms with E-state index in [9.17, 15) is 14.0 Å². The molecule has 0 saturated heterocycles. The van der Waals surface area contributed by atoms with Crippen molar-refractivity contribution in [2.45, 2.75) is 13.3 Å². The lowest BCUT2D eigenvalue weighted by molar-refractivity contribution is -0.145. The van der Waals surface area contributed by atoms with Crippen molar-refractivity contribution in [1.82, 2.24) is 10.2 Å². The van der Waals surface area contributed by atoms with Crippen molar-refractivity contribution >= 4 is 28.6 Å². The molecule has 7 heteroatoms. The number of fused-ring (bicyclic) bond motifs is 1. The predicted molar refractivity (Wildman–Crippen MR) is 65.9 cm³/mol. The van der Waals surface area contributed by atoms with E-state index in [0.29, 0.717) is 5.52 Å². The van der Waals surface area contributed by atoms with Crippen molar-refractivity contribution in [1.29, 1.82) is 0 Å². The van der Waals surface area contributed by atoms with Crippen LogP contribution in [0.25, 0.3) is 10.9 Å². The van der Waals surface area contributed by atoms with Gasteiger partial charge >= 0.3 is 5.97 Å². The molecule has 2 N–H and O–H groups in total. The summed E-state index contributed by atoms with van der Waals surface area (Å²) in [6.45, 7) is 1.85. The maximum atomic E-state index is 13.6. The van der Waals surface area contributed by atoms with Gasteiger partial charge in [-0.1, -0.05) is 6.07 Å². The highest BCUT2D eigenvalue weighted by molar-refractivity contribution is 6.05. The van der Waals surface area contributed by atoms with E-state index >= 15 is 0 Å². The molecule has 0 spiro atoms. The largest absolute Gasteiger partial charge is 0.466 e. The summed E-state index contributed by atoms with van der Waals surface area (Å²) in [6.07, 6.45) is -0.434. The molecular weight excluding hydrogens is 253 g/mol.